The van der Waals surface area contributed by atoms with Gasteiger partial charge in [-0.25, -0.2) is 9.37 Å². The number of phenols is 1. The van der Waals surface area contributed by atoms with Crippen molar-refractivity contribution in [3.63, 3.8) is 0 Å². The minimum atomic E-state index is -0.856. The molecule has 1 aliphatic carbocycles. The molecule has 7 heteroatoms. The normalized spacial score (nSPS) is 20.1. The minimum Gasteiger partial charge on any atom is -0.507 e. The van der Waals surface area contributed by atoms with Crippen LogP contribution in [0.3, 0.4) is 0 Å². The number of halogens is 1. The summed E-state index contributed by atoms with van der Waals surface area (Å²) in [4.78, 5) is 10.2. The molecule has 0 saturated heterocycles. The van der Waals surface area contributed by atoms with Crippen molar-refractivity contribution in [2.24, 2.45) is 0 Å². The summed E-state index contributed by atoms with van der Waals surface area (Å²) in [6, 6.07) is 5.10. The van der Waals surface area contributed by atoms with E-state index >= 15 is 0 Å². The van der Waals surface area contributed by atoms with Gasteiger partial charge in [0.05, 0.1) is 12.2 Å². The summed E-state index contributed by atoms with van der Waals surface area (Å²) in [6.07, 6.45) is 6.35. The molecule has 0 bridgehead atoms. The summed E-state index contributed by atoms with van der Waals surface area (Å²) in [5.74, 6) is 0.496. The van der Waals surface area contributed by atoms with Crippen molar-refractivity contribution in [1.29, 1.82) is 0 Å². The molecule has 0 radical (unpaired) electrons. The van der Waals surface area contributed by atoms with Gasteiger partial charge in [-0.2, -0.15) is 0 Å². The van der Waals surface area contributed by atoms with Crippen LogP contribution in [0.15, 0.2) is 36.8 Å². The van der Waals surface area contributed by atoms with Crippen LogP contribution in [0.4, 0.5) is 10.3 Å². The molecule has 6 nitrogen and oxygen atoms in total. The Morgan fingerprint density at radius 3 is 2.76 bits per heavy atom. The van der Waals surface area contributed by atoms with Gasteiger partial charge in [-0.3, -0.25) is 4.98 Å². The Labute approximate surface area is 144 Å². The van der Waals surface area contributed by atoms with E-state index in [0.717, 1.165) is 23.6 Å². The molecule has 1 aliphatic rings. The van der Waals surface area contributed by atoms with Gasteiger partial charge in [-0.1, -0.05) is 0 Å². The Hall–Kier alpha value is -2.83. The molecule has 2 heterocycles. The number of hydrogen-bond acceptors (Lipinski definition) is 6. The van der Waals surface area contributed by atoms with E-state index in [1.165, 1.54) is 0 Å². The molecule has 2 atom stereocenters. The lowest BCUT2D eigenvalue weighted by Gasteiger charge is -2.25. The summed E-state index contributed by atoms with van der Waals surface area (Å²) in [7, 11) is 1.79. The number of nitrogens with zero attached hydrogens (tertiary/aromatic N) is 5. The number of rotatable bonds is 3. The van der Waals surface area contributed by atoms with Crippen molar-refractivity contribution in [3.05, 3.63) is 36.8 Å². The largest absolute Gasteiger partial charge is 0.507 e. The summed E-state index contributed by atoms with van der Waals surface area (Å²) >= 11 is 0. The first kappa shape index (κ1) is 15.7. The van der Waals surface area contributed by atoms with Gasteiger partial charge in [0.15, 0.2) is 0 Å². The van der Waals surface area contributed by atoms with Crippen LogP contribution in [0.2, 0.25) is 0 Å². The lowest BCUT2D eigenvalue weighted by atomic mass is 10.1. The van der Waals surface area contributed by atoms with E-state index in [1.54, 1.807) is 42.7 Å². The van der Waals surface area contributed by atoms with Crippen molar-refractivity contribution in [1.82, 2.24) is 20.2 Å². The zero-order chi connectivity index (χ0) is 17.4. The Kier molecular flexibility index (Phi) is 3.91. The quantitative estimate of drug-likeness (QED) is 0.790. The van der Waals surface area contributed by atoms with Crippen LogP contribution in [-0.4, -0.2) is 44.5 Å². The molecule has 1 fully saturated rings. The predicted molar refractivity (Wildman–Crippen MR) is 93.2 cm³/mol. The maximum Gasteiger partial charge on any atom is 0.245 e. The van der Waals surface area contributed by atoms with Crippen LogP contribution in [0, 0.1) is 0 Å². The molecular formula is C18H18FN5O. The molecule has 4 rings (SSSR count). The van der Waals surface area contributed by atoms with E-state index < -0.39 is 6.17 Å². The predicted octanol–water partition coefficient (Wildman–Crippen LogP) is 3.12. The number of aromatic hydroxyl groups is 1. The van der Waals surface area contributed by atoms with Crippen molar-refractivity contribution < 1.29 is 9.50 Å². The lowest BCUT2D eigenvalue weighted by Crippen LogP contribution is -2.36. The highest BCUT2D eigenvalue weighted by molar-refractivity contribution is 5.89. The van der Waals surface area contributed by atoms with Gasteiger partial charge < -0.3 is 10.0 Å². The maximum atomic E-state index is 13.9. The number of fused-ring (bicyclic) bond motifs is 1. The van der Waals surface area contributed by atoms with Gasteiger partial charge >= 0.3 is 0 Å². The van der Waals surface area contributed by atoms with E-state index in [0.29, 0.717) is 23.6 Å². The summed E-state index contributed by atoms with van der Waals surface area (Å²) in [5, 5.41) is 20.4. The van der Waals surface area contributed by atoms with E-state index in [4.69, 9.17) is 0 Å². The van der Waals surface area contributed by atoms with Gasteiger partial charge in [0.2, 0.25) is 5.95 Å². The molecule has 2 aromatic heterocycles. The van der Waals surface area contributed by atoms with Crippen LogP contribution in [0.5, 0.6) is 5.75 Å². The van der Waals surface area contributed by atoms with Gasteiger partial charge in [-0.05, 0) is 42.8 Å². The summed E-state index contributed by atoms with van der Waals surface area (Å²) in [5.41, 5.74) is 1.00. The third kappa shape index (κ3) is 2.86. The summed E-state index contributed by atoms with van der Waals surface area (Å²) in [6.45, 7) is 0. The Balaban J connectivity index is 1.65. The number of benzene rings is 1. The van der Waals surface area contributed by atoms with Crippen molar-refractivity contribution in [3.8, 4) is 17.0 Å². The molecule has 128 valence electrons. The second-order valence-corrected chi connectivity index (χ2v) is 6.36. The molecule has 0 aliphatic heterocycles. The van der Waals surface area contributed by atoms with Crippen molar-refractivity contribution >= 4 is 16.7 Å². The minimum absolute atomic E-state index is 0.107. The average molecular weight is 339 g/mol. The Morgan fingerprint density at radius 2 is 2.04 bits per heavy atom. The highest BCUT2D eigenvalue weighted by Gasteiger charge is 2.31. The van der Waals surface area contributed by atoms with E-state index in [1.807, 2.05) is 6.07 Å². The second-order valence-electron chi connectivity index (χ2n) is 6.36. The molecule has 1 saturated carbocycles. The van der Waals surface area contributed by atoms with Gasteiger partial charge in [0, 0.05) is 30.4 Å². The highest BCUT2D eigenvalue weighted by atomic mass is 19.1. The molecule has 0 spiro atoms. The first-order chi connectivity index (χ1) is 12.1. The molecule has 3 aromatic rings. The fraction of sp³-hybridized carbons (Fsp3) is 0.333. The molecular weight excluding hydrogens is 321 g/mol. The first-order valence-electron chi connectivity index (χ1n) is 8.27. The highest BCUT2D eigenvalue weighted by Crippen LogP contribution is 2.32. The van der Waals surface area contributed by atoms with Gasteiger partial charge in [0.1, 0.15) is 17.6 Å². The van der Waals surface area contributed by atoms with Crippen molar-refractivity contribution in [2.75, 3.05) is 11.9 Å². The summed E-state index contributed by atoms with van der Waals surface area (Å²) < 4.78 is 13.9. The fourth-order valence-corrected chi connectivity index (χ4v) is 3.36. The van der Waals surface area contributed by atoms with Crippen LogP contribution in [0.25, 0.3) is 22.0 Å². The maximum absolute atomic E-state index is 13.9. The van der Waals surface area contributed by atoms with Gasteiger partial charge in [-0.15, -0.1) is 10.2 Å². The average Bonchev–Trinajstić information content (AvgIpc) is 3.06. The molecule has 1 aromatic carbocycles. The zero-order valence-electron chi connectivity index (χ0n) is 13.8. The third-order valence-corrected chi connectivity index (χ3v) is 4.79. The topological polar surface area (TPSA) is 75.0 Å². The van der Waals surface area contributed by atoms with Crippen LogP contribution in [0.1, 0.15) is 19.3 Å². The monoisotopic (exact) mass is 339 g/mol. The number of alkyl halides is 1. The van der Waals surface area contributed by atoms with Crippen LogP contribution >= 0.6 is 0 Å². The van der Waals surface area contributed by atoms with Crippen molar-refractivity contribution in [2.45, 2.75) is 31.5 Å². The van der Waals surface area contributed by atoms with Crippen LogP contribution in [-0.2, 0) is 0 Å². The first-order valence-corrected chi connectivity index (χ1v) is 8.27. The molecule has 25 heavy (non-hydrogen) atoms. The number of aromatic nitrogens is 4. The smallest absolute Gasteiger partial charge is 0.245 e. The standard InChI is InChI=1S/C18H18FN5O/c1-24(16-4-2-3-14(16)19)18-21-10-15(22-23-18)13-7-12-9-20-6-5-11(12)8-17(13)25/h5-10,14,16,25H,2-4H2,1H3/t14-,16+/m1/s1. The zero-order valence-corrected chi connectivity index (χ0v) is 13.8. The van der Waals surface area contributed by atoms with Gasteiger partial charge in [0.25, 0.3) is 0 Å². The van der Waals surface area contributed by atoms with Crippen LogP contribution < -0.4 is 4.90 Å². The second kappa shape index (κ2) is 6.23. The Bertz CT molecular complexity index is 902. The fourth-order valence-electron chi connectivity index (χ4n) is 3.36. The number of pyridine rings is 1. The molecule has 0 unspecified atom stereocenters. The SMILES string of the molecule is CN(c1ncc(-c2cc3cnccc3cc2O)nn1)[C@H]1CCC[C@H]1F. The molecule has 0 amide bonds. The van der Waals surface area contributed by atoms with E-state index in [9.17, 15) is 9.50 Å². The Morgan fingerprint density at radius 1 is 1.16 bits per heavy atom. The number of hydrogen-bond donors (Lipinski definition) is 1. The van der Waals surface area contributed by atoms with E-state index in [-0.39, 0.29) is 11.8 Å². The molecule has 1 N–H and O–H groups in total. The number of phenolic OH excluding ortho intramolecular Hbond substituents is 1. The van der Waals surface area contributed by atoms with E-state index in [2.05, 4.69) is 20.2 Å². The third-order valence-electron chi connectivity index (χ3n) is 4.79. The lowest BCUT2D eigenvalue weighted by molar-refractivity contribution is 0.305. The number of anilines is 1.